The molecule has 0 bridgehead atoms. The molecule has 2 unspecified atom stereocenters. The molecule has 2 aromatic carbocycles. The number of nitro groups is 2. The Kier molecular flexibility index (Phi) is 15.4. The van der Waals surface area contributed by atoms with E-state index in [1.54, 1.807) is 28.0 Å². The Morgan fingerprint density at radius 2 is 1.28 bits per heavy atom. The number of hydrogen-bond acceptors (Lipinski definition) is 12. The summed E-state index contributed by atoms with van der Waals surface area (Å²) in [4.78, 5) is 56.7. The quantitative estimate of drug-likeness (QED) is 0.145. The first-order chi connectivity index (χ1) is 26.6. The van der Waals surface area contributed by atoms with Gasteiger partial charge < -0.3 is 30.3 Å². The van der Waals surface area contributed by atoms with E-state index < -0.39 is 21.0 Å². The van der Waals surface area contributed by atoms with Crippen LogP contribution in [0.1, 0.15) is 67.2 Å². The Morgan fingerprint density at radius 1 is 0.807 bits per heavy atom. The van der Waals surface area contributed by atoms with Crippen LogP contribution in [0.4, 0.5) is 26.7 Å². The lowest BCUT2D eigenvalue weighted by atomic mass is 10.0. The summed E-state index contributed by atoms with van der Waals surface area (Å²) in [6.45, 7) is 13.5. The molecule has 2 fully saturated rings. The lowest BCUT2D eigenvalue weighted by Crippen LogP contribution is -2.47. The Labute approximate surface area is 352 Å². The maximum absolute atomic E-state index is 12.4. The number of carbonyl (C=O) groups is 2. The molecule has 0 saturated carbocycles. The van der Waals surface area contributed by atoms with E-state index in [9.17, 15) is 29.8 Å². The van der Waals surface area contributed by atoms with E-state index in [2.05, 4.69) is 47.1 Å². The highest BCUT2D eigenvalue weighted by molar-refractivity contribution is 9.10. The van der Waals surface area contributed by atoms with Gasteiger partial charge in [-0.1, -0.05) is 43.5 Å². The van der Waals surface area contributed by atoms with E-state index in [0.717, 1.165) is 41.2 Å². The monoisotopic (exact) mass is 936 g/mol. The molecule has 3 N–H and O–H groups in total. The van der Waals surface area contributed by atoms with Gasteiger partial charge >= 0.3 is 23.6 Å². The predicted octanol–water partition coefficient (Wildman–Crippen LogP) is 9.62. The van der Waals surface area contributed by atoms with Crippen LogP contribution >= 0.6 is 43.5 Å². The fourth-order valence-electron chi connectivity index (χ4n) is 5.99. The number of piperidine rings is 2. The molecule has 308 valence electrons. The van der Waals surface area contributed by atoms with E-state index in [0.29, 0.717) is 47.1 Å². The maximum Gasteiger partial charge on any atom is 0.410 e. The van der Waals surface area contributed by atoms with Crippen molar-refractivity contribution in [1.82, 2.24) is 19.8 Å². The number of fused-ring (bicyclic) bond motifs is 2. The molecule has 0 radical (unpaired) electrons. The van der Waals surface area contributed by atoms with Gasteiger partial charge in [0.25, 0.3) is 0 Å². The highest BCUT2D eigenvalue weighted by Crippen LogP contribution is 2.35. The van der Waals surface area contributed by atoms with E-state index in [1.807, 2.05) is 59.7 Å². The number of aromatic nitrogens is 2. The summed E-state index contributed by atoms with van der Waals surface area (Å²) in [5, 5.41) is 26.8. The molecule has 57 heavy (non-hydrogen) atoms. The summed E-state index contributed by atoms with van der Waals surface area (Å²) < 4.78 is 12.3. The number of nitrogens with zero attached hydrogens (tertiary/aromatic N) is 6. The van der Waals surface area contributed by atoms with Crippen LogP contribution in [0.3, 0.4) is 0 Å². The Balaban J connectivity index is 0.000000209. The molecule has 16 nitrogen and oxygen atoms in total. The first-order valence-electron chi connectivity index (χ1n) is 18.2. The zero-order chi connectivity index (χ0) is 42.2. The van der Waals surface area contributed by atoms with Crippen LogP contribution < -0.4 is 11.1 Å². The number of carbonyl (C=O) groups excluding carboxylic acids is 2. The lowest BCUT2D eigenvalue weighted by molar-refractivity contribution is -0.384. The van der Waals surface area contributed by atoms with Gasteiger partial charge in [-0.3, -0.25) is 20.2 Å². The first-order valence-corrected chi connectivity index (χ1v) is 20.2. The van der Waals surface area contributed by atoms with Crippen molar-refractivity contribution < 1.29 is 28.9 Å². The summed E-state index contributed by atoms with van der Waals surface area (Å²) in [5.74, 6) is 0. The molecule has 2 aliphatic rings. The summed E-state index contributed by atoms with van der Waals surface area (Å²) in [6, 6.07) is 10.7. The van der Waals surface area contributed by atoms with Gasteiger partial charge in [0, 0.05) is 58.0 Å². The Hall–Kier alpha value is -4.39. The van der Waals surface area contributed by atoms with Crippen LogP contribution in [0.5, 0.6) is 0 Å². The van der Waals surface area contributed by atoms with Crippen LogP contribution in [0.25, 0.3) is 21.8 Å². The van der Waals surface area contributed by atoms with Gasteiger partial charge in [0.05, 0.1) is 20.9 Å². The fourth-order valence-corrected chi connectivity index (χ4v) is 6.98. The zero-order valence-corrected chi connectivity index (χ0v) is 36.5. The van der Waals surface area contributed by atoms with Crippen molar-refractivity contribution >= 4 is 94.5 Å². The van der Waals surface area contributed by atoms with Gasteiger partial charge in [0.2, 0.25) is 0 Å². The highest BCUT2D eigenvalue weighted by atomic mass is 79.9. The molecule has 6 rings (SSSR count). The SMILES string of the molecule is CC(C)(C)OC(=O)N1CCCC(N)C1.CC(C)(C)OC(=O)N1CCCC(Nc2c([N+](=O)[O-])cnc3ccc(Br)cc23)C1.O=[N+]([O-])c1cnc2ccc(Br)cc2c1Cl. The second-order valence-corrected chi connectivity index (χ2v) is 17.8. The van der Waals surface area contributed by atoms with Crippen molar-refractivity contribution in [3.8, 4) is 0 Å². The van der Waals surface area contributed by atoms with Crippen LogP contribution in [0.15, 0.2) is 57.7 Å². The number of hydrogen-bond donors (Lipinski definition) is 2. The fraction of sp³-hybridized carbons (Fsp3) is 0.474. The zero-order valence-electron chi connectivity index (χ0n) is 32.6. The molecule has 2 amide bonds. The molecule has 4 heterocycles. The normalized spacial score (nSPS) is 17.1. The standard InChI is InChI=1S/C19H23BrN4O4.C10H20N2O2.C9H4BrClN2O2/c1-19(2,3)28-18(25)23-8-4-5-13(11-23)22-17-14-9-12(20)6-7-15(14)21-10-16(17)24(26)27;1-10(2,3)14-9(13)12-6-4-5-8(11)7-12;10-5-1-2-7-6(3-5)9(11)8(4-12-7)13(14)15/h6-7,9-10,13H,4-5,8,11H2,1-3H3,(H,21,22);8H,4-7,11H2,1-3H3;1-4H. The summed E-state index contributed by atoms with van der Waals surface area (Å²) >= 11 is 12.6. The van der Waals surface area contributed by atoms with Crippen molar-refractivity contribution in [2.75, 3.05) is 31.5 Å². The van der Waals surface area contributed by atoms with E-state index in [-0.39, 0.29) is 40.7 Å². The number of nitrogens with one attached hydrogen (secondary N) is 1. The highest BCUT2D eigenvalue weighted by Gasteiger charge is 2.30. The second kappa shape index (κ2) is 19.4. The van der Waals surface area contributed by atoms with Crippen molar-refractivity contribution in [3.05, 3.63) is 83.0 Å². The largest absolute Gasteiger partial charge is 0.444 e. The van der Waals surface area contributed by atoms with Crippen LogP contribution in [0.2, 0.25) is 5.02 Å². The van der Waals surface area contributed by atoms with Crippen LogP contribution in [0, 0.1) is 20.2 Å². The molecule has 2 atom stereocenters. The number of halogens is 3. The van der Waals surface area contributed by atoms with Gasteiger partial charge in [-0.15, -0.1) is 0 Å². The van der Waals surface area contributed by atoms with Crippen molar-refractivity contribution in [3.63, 3.8) is 0 Å². The molecule has 19 heteroatoms. The average molecular weight is 939 g/mol. The number of pyridine rings is 2. The average Bonchev–Trinajstić information content (AvgIpc) is 3.11. The van der Waals surface area contributed by atoms with Gasteiger partial charge in [-0.05, 0) is 104 Å². The molecule has 0 aliphatic carbocycles. The third-order valence-electron chi connectivity index (χ3n) is 8.48. The number of rotatable bonds is 4. The molecular weight excluding hydrogens is 892 g/mol. The van der Waals surface area contributed by atoms with Gasteiger partial charge in [0.15, 0.2) is 0 Å². The number of nitrogens with two attached hydrogens (primary N) is 1. The smallest absolute Gasteiger partial charge is 0.410 e. The summed E-state index contributed by atoms with van der Waals surface area (Å²) in [5.41, 5.74) is 6.25. The number of benzene rings is 2. The van der Waals surface area contributed by atoms with Crippen molar-refractivity contribution in [1.29, 1.82) is 0 Å². The van der Waals surface area contributed by atoms with Crippen molar-refractivity contribution in [2.45, 2.75) is 90.5 Å². The third kappa shape index (κ3) is 13.3. The summed E-state index contributed by atoms with van der Waals surface area (Å²) in [6.07, 6.45) is 5.39. The minimum Gasteiger partial charge on any atom is -0.444 e. The Bertz CT molecular complexity index is 2110. The first kappa shape index (κ1) is 45.3. The number of anilines is 1. The summed E-state index contributed by atoms with van der Waals surface area (Å²) in [7, 11) is 0. The minimum atomic E-state index is -0.566. The second-order valence-electron chi connectivity index (χ2n) is 15.6. The van der Waals surface area contributed by atoms with Crippen LogP contribution in [-0.4, -0.2) is 91.3 Å². The third-order valence-corrected chi connectivity index (χ3v) is 9.86. The lowest BCUT2D eigenvalue weighted by Gasteiger charge is -2.34. The molecule has 2 aromatic heterocycles. The van der Waals surface area contributed by atoms with E-state index >= 15 is 0 Å². The predicted molar refractivity (Wildman–Crippen MR) is 227 cm³/mol. The van der Waals surface area contributed by atoms with Crippen LogP contribution in [-0.2, 0) is 9.47 Å². The van der Waals surface area contributed by atoms with E-state index in [4.69, 9.17) is 26.8 Å². The molecule has 2 aliphatic heterocycles. The number of ether oxygens (including phenoxy) is 2. The number of likely N-dealkylation sites (tertiary alicyclic amines) is 2. The minimum absolute atomic E-state index is 0.0833. The van der Waals surface area contributed by atoms with Gasteiger partial charge in [0.1, 0.15) is 34.3 Å². The Morgan fingerprint density at radius 3 is 1.79 bits per heavy atom. The molecule has 0 spiro atoms. The van der Waals surface area contributed by atoms with Gasteiger partial charge in [-0.2, -0.15) is 0 Å². The van der Waals surface area contributed by atoms with E-state index in [1.165, 1.54) is 12.4 Å². The number of amides is 2. The molecular formula is C38H47Br2ClN8O8. The topological polar surface area (TPSA) is 209 Å². The molecule has 2 saturated heterocycles. The maximum atomic E-state index is 12.4. The van der Waals surface area contributed by atoms with Crippen molar-refractivity contribution in [2.24, 2.45) is 5.73 Å². The van der Waals surface area contributed by atoms with Gasteiger partial charge in [-0.25, -0.2) is 19.6 Å². The molecule has 4 aromatic rings.